The maximum Gasteiger partial charge on any atom is 0.318 e. The Morgan fingerprint density at radius 3 is 1.23 bits per heavy atom. The van der Waals surface area contributed by atoms with Crippen LogP contribution in [0.3, 0.4) is 0 Å². The van der Waals surface area contributed by atoms with Crippen LogP contribution in [0.1, 0.15) is 76.2 Å². The van der Waals surface area contributed by atoms with E-state index in [1.165, 1.54) is 12.2 Å². The molecule has 0 heterocycles. The van der Waals surface area contributed by atoms with E-state index in [4.69, 9.17) is 9.47 Å². The Morgan fingerprint density at radius 2 is 0.971 bits per heavy atom. The third-order valence-corrected chi connectivity index (χ3v) is 4.30. The van der Waals surface area contributed by atoms with Crippen molar-refractivity contribution in [1.29, 1.82) is 0 Å². The van der Waals surface area contributed by atoms with Gasteiger partial charge in [-0.3, -0.25) is 9.59 Å². The Hall–Kier alpha value is -2.88. The van der Waals surface area contributed by atoms with Crippen molar-refractivity contribution in [2.45, 2.75) is 76.2 Å². The molecule has 0 aliphatic carbocycles. The molecule has 0 spiro atoms. The van der Waals surface area contributed by atoms with Crippen molar-refractivity contribution in [3.8, 4) is 0 Å². The zero-order valence-electron chi connectivity index (χ0n) is 24.1. The highest BCUT2D eigenvalue weighted by atomic mass is 16.5. The quantitative estimate of drug-likeness (QED) is 0.176. The summed E-state index contributed by atoms with van der Waals surface area (Å²) in [5, 5.41) is 0. The zero-order valence-corrected chi connectivity index (χ0v) is 24.1. The van der Waals surface area contributed by atoms with Gasteiger partial charge in [-0.25, -0.2) is 0 Å². The number of allylic oxidation sites excluding steroid dienone is 9. The van der Waals surface area contributed by atoms with Crippen molar-refractivity contribution in [3.63, 3.8) is 0 Å². The van der Waals surface area contributed by atoms with Crippen LogP contribution in [-0.4, -0.2) is 11.9 Å². The van der Waals surface area contributed by atoms with E-state index in [2.05, 4.69) is 61.3 Å². The lowest BCUT2D eigenvalue weighted by molar-refractivity contribution is -0.170. The van der Waals surface area contributed by atoms with E-state index in [0.29, 0.717) is 11.5 Å². The molecule has 4 nitrogen and oxygen atoms in total. The molecule has 0 aromatic rings. The van der Waals surface area contributed by atoms with Crippen LogP contribution in [0.15, 0.2) is 85.9 Å². The highest BCUT2D eigenvalue weighted by Gasteiger charge is 2.51. The summed E-state index contributed by atoms with van der Waals surface area (Å²) >= 11 is 0. The van der Waals surface area contributed by atoms with E-state index < -0.39 is 22.8 Å². The molecule has 0 radical (unpaired) electrons. The summed E-state index contributed by atoms with van der Waals surface area (Å²) in [7, 11) is 0. The van der Waals surface area contributed by atoms with E-state index >= 15 is 0 Å². The number of carbonyl (C=O) groups is 2. The van der Waals surface area contributed by atoms with Crippen molar-refractivity contribution in [2.24, 2.45) is 22.7 Å². The molecule has 0 aliphatic rings. The molecule has 198 valence electrons. The molecule has 0 aliphatic heterocycles. The normalized spacial score (nSPS) is 12.5. The molecule has 0 aromatic heterocycles. The lowest BCUT2D eigenvalue weighted by atomic mass is 9.68. The van der Waals surface area contributed by atoms with Crippen LogP contribution in [0.25, 0.3) is 0 Å². The second-order valence-electron chi connectivity index (χ2n) is 10.2. The maximum atomic E-state index is 12.8. The Labute approximate surface area is 215 Å². The van der Waals surface area contributed by atoms with Gasteiger partial charge in [0.25, 0.3) is 0 Å². The zero-order chi connectivity index (χ0) is 28.2. The van der Waals surface area contributed by atoms with Gasteiger partial charge in [-0.1, -0.05) is 91.7 Å². The number of esters is 2. The van der Waals surface area contributed by atoms with Gasteiger partial charge in [0, 0.05) is 0 Å². The monoisotopic (exact) mass is 486 g/mol. The van der Waals surface area contributed by atoms with Crippen LogP contribution in [0.4, 0.5) is 0 Å². The van der Waals surface area contributed by atoms with Gasteiger partial charge in [-0.2, -0.15) is 0 Å². The summed E-state index contributed by atoms with van der Waals surface area (Å²) in [6.45, 7) is 32.2. The Kier molecular flexibility index (Phi) is 20.4. The fourth-order valence-electron chi connectivity index (χ4n) is 1.79. The number of ether oxygens (including phenoxy) is 2. The van der Waals surface area contributed by atoms with Gasteiger partial charge in [0.2, 0.25) is 0 Å². The second-order valence-corrected chi connectivity index (χ2v) is 10.2. The maximum absolute atomic E-state index is 12.8. The number of carbonyl (C=O) groups excluding carboxylic acids is 2. The minimum atomic E-state index is -1.17. The van der Waals surface area contributed by atoms with Crippen LogP contribution >= 0.6 is 0 Å². The average Bonchev–Trinajstić information content (AvgIpc) is 2.71. The van der Waals surface area contributed by atoms with Crippen molar-refractivity contribution in [3.05, 3.63) is 85.9 Å². The molecule has 0 saturated heterocycles. The number of rotatable bonds is 10. The summed E-state index contributed by atoms with van der Waals surface area (Å²) in [5.41, 5.74) is -2.32. The molecular weight excluding hydrogens is 436 g/mol. The largest absolute Gasteiger partial charge is 0.426 e. The molecule has 0 amide bonds. The van der Waals surface area contributed by atoms with E-state index in [0.717, 1.165) is 11.8 Å². The summed E-state index contributed by atoms with van der Waals surface area (Å²) in [6.07, 6.45) is 14.3. The lowest BCUT2D eigenvalue weighted by Gasteiger charge is -2.37. The van der Waals surface area contributed by atoms with E-state index in [9.17, 15) is 9.59 Å². The summed E-state index contributed by atoms with van der Waals surface area (Å²) < 4.78 is 10.9. The molecule has 0 fully saturated rings. The van der Waals surface area contributed by atoms with Crippen LogP contribution in [0.5, 0.6) is 0 Å². The topological polar surface area (TPSA) is 52.6 Å². The fourth-order valence-corrected chi connectivity index (χ4v) is 1.79. The first kappa shape index (κ1) is 36.7. The highest BCUT2D eigenvalue weighted by Crippen LogP contribution is 2.41. The van der Waals surface area contributed by atoms with Crippen LogP contribution in [0.2, 0.25) is 0 Å². The minimum absolute atomic E-state index is 0.299. The molecule has 0 rings (SSSR count). The Bertz CT molecular complexity index is 773. The van der Waals surface area contributed by atoms with Crippen LogP contribution in [-0.2, 0) is 19.1 Å². The first-order valence-electron chi connectivity index (χ1n) is 12.1. The van der Waals surface area contributed by atoms with Gasteiger partial charge in [-0.15, -0.1) is 0 Å². The SMILES string of the molecule is C=C/C=C\C(=C/C=C)OC(=O)C(C)(C)C(C)(C)C(=O)OC(/C=C\C)=C/C=C.CC(C)C.CC(C)C. The predicted octanol–water partition coefficient (Wildman–Crippen LogP) is 8.91. The van der Waals surface area contributed by atoms with Crippen molar-refractivity contribution < 1.29 is 19.1 Å². The average molecular weight is 487 g/mol. The van der Waals surface area contributed by atoms with E-state index in [-0.39, 0.29) is 0 Å². The first-order valence-corrected chi connectivity index (χ1v) is 12.1. The molecule has 4 heteroatoms. The molecule has 0 unspecified atom stereocenters. The Morgan fingerprint density at radius 1 is 0.657 bits per heavy atom. The van der Waals surface area contributed by atoms with Gasteiger partial charge in [0.05, 0.1) is 10.8 Å². The van der Waals surface area contributed by atoms with Crippen molar-refractivity contribution in [1.82, 2.24) is 0 Å². The minimum Gasteiger partial charge on any atom is -0.426 e. The molecular formula is C31H50O4. The molecule has 0 atom stereocenters. The number of hydrogen-bond acceptors (Lipinski definition) is 4. The van der Waals surface area contributed by atoms with E-state index in [1.54, 1.807) is 77.2 Å². The van der Waals surface area contributed by atoms with E-state index in [1.807, 2.05) is 0 Å². The third-order valence-electron chi connectivity index (χ3n) is 4.30. The molecule has 0 saturated carbocycles. The third kappa shape index (κ3) is 17.2. The lowest BCUT2D eigenvalue weighted by Crippen LogP contribution is -2.46. The first-order chi connectivity index (χ1) is 16.0. The van der Waals surface area contributed by atoms with Crippen molar-refractivity contribution >= 4 is 11.9 Å². The molecule has 0 aromatic carbocycles. The summed E-state index contributed by atoms with van der Waals surface area (Å²) in [6, 6.07) is 0. The number of hydrogen-bond donors (Lipinski definition) is 0. The molecule has 0 bridgehead atoms. The Balaban J connectivity index is -0.00000110. The van der Waals surface area contributed by atoms with Gasteiger partial charge in [-0.05, 0) is 70.8 Å². The summed E-state index contributed by atoms with van der Waals surface area (Å²) in [4.78, 5) is 25.6. The van der Waals surface area contributed by atoms with Crippen LogP contribution < -0.4 is 0 Å². The van der Waals surface area contributed by atoms with Crippen molar-refractivity contribution in [2.75, 3.05) is 0 Å². The standard InChI is InChI=1S/C23H30O4.2C4H10/c1-9-13-17-19(16-12-4)27-21(25)23(7,8)22(5,6)20(24)26-18(14-10-2)15-11-3;2*1-4(2)3/h9-17H,1-2,4H2,3,5-8H3;2*4H,1-3H3/b15-11-,17-13-,18-14+,19-16+;;. The van der Waals surface area contributed by atoms with Gasteiger partial charge in [0.15, 0.2) is 0 Å². The second kappa shape index (κ2) is 19.4. The van der Waals surface area contributed by atoms with Crippen LogP contribution in [0, 0.1) is 22.7 Å². The van der Waals surface area contributed by atoms with Gasteiger partial charge in [0.1, 0.15) is 11.5 Å². The van der Waals surface area contributed by atoms with Gasteiger partial charge >= 0.3 is 11.9 Å². The summed E-state index contributed by atoms with van der Waals surface area (Å²) in [5.74, 6) is 1.20. The highest BCUT2D eigenvalue weighted by molar-refractivity contribution is 5.88. The smallest absolute Gasteiger partial charge is 0.318 e. The van der Waals surface area contributed by atoms with Gasteiger partial charge < -0.3 is 9.47 Å². The fraction of sp³-hybridized carbons (Fsp3) is 0.484. The molecule has 35 heavy (non-hydrogen) atoms. The molecule has 0 N–H and O–H groups in total. The predicted molar refractivity (Wildman–Crippen MR) is 151 cm³/mol.